The summed E-state index contributed by atoms with van der Waals surface area (Å²) >= 11 is 0.748. The maximum absolute atomic E-state index is 12.4. The van der Waals surface area contributed by atoms with Crippen LogP contribution in [0.3, 0.4) is 0 Å². The molecule has 17 heavy (non-hydrogen) atoms. The minimum Gasteiger partial charge on any atom is -0.298 e. The van der Waals surface area contributed by atoms with Gasteiger partial charge in [-0.05, 0) is 18.6 Å². The SMILES string of the molecule is O=Cc1ccnc(C2CC=C(C(F)(F)F)S2)c1. The topological polar surface area (TPSA) is 30.0 Å². The molecule has 0 spiro atoms. The molecule has 0 N–H and O–H groups in total. The Morgan fingerprint density at radius 3 is 2.82 bits per heavy atom. The summed E-state index contributed by atoms with van der Waals surface area (Å²) in [6.45, 7) is 0. The van der Waals surface area contributed by atoms with Gasteiger partial charge >= 0.3 is 6.18 Å². The van der Waals surface area contributed by atoms with E-state index in [4.69, 9.17) is 0 Å². The summed E-state index contributed by atoms with van der Waals surface area (Å²) in [6.07, 6.45) is -0.741. The quantitative estimate of drug-likeness (QED) is 0.761. The molecule has 0 bridgehead atoms. The van der Waals surface area contributed by atoms with E-state index < -0.39 is 11.1 Å². The van der Waals surface area contributed by atoms with Gasteiger partial charge in [0, 0.05) is 11.8 Å². The number of rotatable bonds is 2. The number of halogens is 3. The van der Waals surface area contributed by atoms with Crippen LogP contribution in [0, 0.1) is 0 Å². The standard InChI is InChI=1S/C11H8F3NOS/c12-11(13,14)10-2-1-9(17-10)8-5-7(6-16)3-4-15-8/h2-6,9H,1H2. The number of aromatic nitrogens is 1. The van der Waals surface area contributed by atoms with Crippen LogP contribution < -0.4 is 0 Å². The molecule has 0 fully saturated rings. The van der Waals surface area contributed by atoms with Crippen LogP contribution in [0.25, 0.3) is 0 Å². The lowest BCUT2D eigenvalue weighted by Gasteiger charge is -2.11. The van der Waals surface area contributed by atoms with Crippen molar-refractivity contribution in [2.75, 3.05) is 0 Å². The molecule has 1 aromatic rings. The number of allylic oxidation sites excluding steroid dienone is 2. The first-order chi connectivity index (χ1) is 8.00. The summed E-state index contributed by atoms with van der Waals surface area (Å²) in [5, 5.41) is -0.355. The predicted molar refractivity (Wildman–Crippen MR) is 58.7 cm³/mol. The highest BCUT2D eigenvalue weighted by Gasteiger charge is 2.39. The summed E-state index contributed by atoms with van der Waals surface area (Å²) in [7, 11) is 0. The first kappa shape index (κ1) is 12.2. The molecular weight excluding hydrogens is 251 g/mol. The number of hydrogen-bond donors (Lipinski definition) is 0. The number of alkyl halides is 3. The summed E-state index contributed by atoms with van der Waals surface area (Å²) in [6, 6.07) is 3.05. The van der Waals surface area contributed by atoms with Crippen LogP contribution in [0.15, 0.2) is 29.3 Å². The van der Waals surface area contributed by atoms with Crippen molar-refractivity contribution in [1.29, 1.82) is 0 Å². The van der Waals surface area contributed by atoms with Gasteiger partial charge in [-0.25, -0.2) is 0 Å². The second-order valence-corrected chi connectivity index (χ2v) is 4.78. The van der Waals surface area contributed by atoms with Gasteiger partial charge in [-0.15, -0.1) is 11.8 Å². The summed E-state index contributed by atoms with van der Waals surface area (Å²) in [5.41, 5.74) is 0.936. The first-order valence-electron chi connectivity index (χ1n) is 4.86. The molecule has 1 aliphatic heterocycles. The Bertz CT molecular complexity index is 470. The first-order valence-corrected chi connectivity index (χ1v) is 5.74. The van der Waals surface area contributed by atoms with Gasteiger partial charge in [0.15, 0.2) is 0 Å². The van der Waals surface area contributed by atoms with E-state index in [-0.39, 0.29) is 11.7 Å². The Hall–Kier alpha value is -1.30. The van der Waals surface area contributed by atoms with Gasteiger partial charge in [-0.3, -0.25) is 9.78 Å². The second kappa shape index (κ2) is 4.52. The van der Waals surface area contributed by atoms with Crippen LogP contribution in [0.5, 0.6) is 0 Å². The fourth-order valence-corrected chi connectivity index (χ4v) is 2.62. The smallest absolute Gasteiger partial charge is 0.298 e. The Labute approximate surface area is 99.9 Å². The molecule has 2 rings (SSSR count). The van der Waals surface area contributed by atoms with Crippen molar-refractivity contribution in [2.24, 2.45) is 0 Å². The van der Waals surface area contributed by atoms with Gasteiger partial charge in [0.2, 0.25) is 0 Å². The molecule has 1 atom stereocenters. The highest BCUT2D eigenvalue weighted by molar-refractivity contribution is 8.03. The van der Waals surface area contributed by atoms with Crippen LogP contribution in [-0.2, 0) is 0 Å². The van der Waals surface area contributed by atoms with Crippen molar-refractivity contribution in [3.63, 3.8) is 0 Å². The fraction of sp³-hybridized carbons (Fsp3) is 0.273. The summed E-state index contributed by atoms with van der Waals surface area (Å²) < 4.78 is 37.3. The van der Waals surface area contributed by atoms with Crippen molar-refractivity contribution < 1.29 is 18.0 Å². The number of hydrogen-bond acceptors (Lipinski definition) is 3. The van der Waals surface area contributed by atoms with Crippen molar-refractivity contribution in [3.8, 4) is 0 Å². The number of carbonyl (C=O) groups excluding carboxylic acids is 1. The molecule has 0 saturated heterocycles. The molecule has 0 radical (unpaired) electrons. The van der Waals surface area contributed by atoms with Gasteiger partial charge in [-0.2, -0.15) is 13.2 Å². The minimum absolute atomic E-state index is 0.287. The van der Waals surface area contributed by atoms with Crippen LogP contribution in [-0.4, -0.2) is 17.4 Å². The third-order valence-electron chi connectivity index (χ3n) is 2.34. The van der Waals surface area contributed by atoms with Gasteiger partial charge in [0.25, 0.3) is 0 Å². The molecule has 6 heteroatoms. The largest absolute Gasteiger partial charge is 0.421 e. The fourth-order valence-electron chi connectivity index (χ4n) is 1.54. The zero-order valence-electron chi connectivity index (χ0n) is 8.57. The number of aldehydes is 1. The maximum atomic E-state index is 12.4. The van der Waals surface area contributed by atoms with Gasteiger partial charge in [0.05, 0.1) is 15.8 Å². The third kappa shape index (κ3) is 2.69. The van der Waals surface area contributed by atoms with Crippen LogP contribution in [0.4, 0.5) is 13.2 Å². The normalized spacial score (nSPS) is 20.2. The second-order valence-electron chi connectivity index (χ2n) is 3.54. The van der Waals surface area contributed by atoms with E-state index >= 15 is 0 Å². The average molecular weight is 259 g/mol. The van der Waals surface area contributed by atoms with E-state index in [9.17, 15) is 18.0 Å². The van der Waals surface area contributed by atoms with Crippen LogP contribution >= 0.6 is 11.8 Å². The molecule has 1 unspecified atom stereocenters. The van der Waals surface area contributed by atoms with E-state index in [0.29, 0.717) is 17.5 Å². The van der Waals surface area contributed by atoms with Gasteiger partial charge in [-0.1, -0.05) is 6.08 Å². The average Bonchev–Trinajstić information content (AvgIpc) is 2.78. The Kier molecular flexibility index (Phi) is 3.24. The van der Waals surface area contributed by atoms with Crippen molar-refractivity contribution in [2.45, 2.75) is 17.8 Å². The van der Waals surface area contributed by atoms with E-state index in [1.165, 1.54) is 24.4 Å². The van der Waals surface area contributed by atoms with Crippen LogP contribution in [0.1, 0.15) is 27.7 Å². The zero-order valence-corrected chi connectivity index (χ0v) is 9.39. The minimum atomic E-state index is -4.29. The molecule has 90 valence electrons. The van der Waals surface area contributed by atoms with Gasteiger partial charge < -0.3 is 0 Å². The van der Waals surface area contributed by atoms with E-state index in [0.717, 1.165) is 11.8 Å². The lowest BCUT2D eigenvalue weighted by Crippen LogP contribution is -2.07. The number of thioether (sulfide) groups is 1. The van der Waals surface area contributed by atoms with Crippen molar-refractivity contribution in [3.05, 3.63) is 40.6 Å². The Balaban J connectivity index is 2.15. The molecule has 0 aromatic carbocycles. The Morgan fingerprint density at radius 1 is 1.47 bits per heavy atom. The highest BCUT2D eigenvalue weighted by Crippen LogP contribution is 2.49. The molecule has 1 aromatic heterocycles. The highest BCUT2D eigenvalue weighted by atomic mass is 32.2. The lowest BCUT2D eigenvalue weighted by molar-refractivity contribution is -0.0835. The molecule has 0 aliphatic carbocycles. The monoisotopic (exact) mass is 259 g/mol. The Morgan fingerprint density at radius 2 is 2.24 bits per heavy atom. The number of pyridine rings is 1. The molecule has 0 amide bonds. The van der Waals surface area contributed by atoms with Crippen molar-refractivity contribution in [1.82, 2.24) is 4.98 Å². The molecule has 0 saturated carbocycles. The maximum Gasteiger partial charge on any atom is 0.421 e. The number of nitrogens with zero attached hydrogens (tertiary/aromatic N) is 1. The third-order valence-corrected chi connectivity index (χ3v) is 3.71. The lowest BCUT2D eigenvalue weighted by atomic mass is 10.1. The van der Waals surface area contributed by atoms with Crippen LogP contribution in [0.2, 0.25) is 0 Å². The van der Waals surface area contributed by atoms with E-state index in [1.807, 2.05) is 0 Å². The summed E-state index contributed by atoms with van der Waals surface area (Å²) in [4.78, 5) is 14.0. The number of carbonyl (C=O) groups is 1. The molecule has 2 nitrogen and oxygen atoms in total. The molecule has 2 heterocycles. The van der Waals surface area contributed by atoms with Crippen molar-refractivity contribution >= 4 is 18.0 Å². The molecular formula is C11H8F3NOS. The zero-order chi connectivity index (χ0) is 12.5. The van der Waals surface area contributed by atoms with E-state index in [2.05, 4.69) is 4.98 Å². The predicted octanol–water partition coefficient (Wildman–Crippen LogP) is 3.52. The van der Waals surface area contributed by atoms with Gasteiger partial charge in [0.1, 0.15) is 6.29 Å². The summed E-state index contributed by atoms with van der Waals surface area (Å²) in [5.74, 6) is 0. The molecule has 1 aliphatic rings. The van der Waals surface area contributed by atoms with E-state index in [1.54, 1.807) is 0 Å².